The molecule has 1 heterocycles. The summed E-state index contributed by atoms with van der Waals surface area (Å²) in [5.41, 5.74) is 0. The molecule has 1 rings (SSSR count). The molecular formula is C11H15FN2O4S. The fourth-order valence-corrected chi connectivity index (χ4v) is 3.36. The third-order valence-electron chi connectivity index (χ3n) is 2.56. The number of aliphatic carboxylic acids is 1. The van der Waals surface area contributed by atoms with E-state index in [1.807, 2.05) is 0 Å². The lowest BCUT2D eigenvalue weighted by molar-refractivity contribution is -0.137. The van der Waals surface area contributed by atoms with Crippen molar-refractivity contribution >= 4 is 16.0 Å². The third kappa shape index (κ3) is 3.71. The largest absolute Gasteiger partial charge is 0.481 e. The molecule has 0 spiro atoms. The SMILES string of the molecule is CCN(C(C)CC(=O)O)S(=O)(=O)c1cncc(F)c1. The van der Waals surface area contributed by atoms with Gasteiger partial charge < -0.3 is 5.11 Å². The van der Waals surface area contributed by atoms with Crippen molar-refractivity contribution in [3.05, 3.63) is 24.3 Å². The number of sulfonamides is 1. The monoisotopic (exact) mass is 290 g/mol. The minimum absolute atomic E-state index is 0.0906. The maximum atomic E-state index is 13.0. The van der Waals surface area contributed by atoms with Crippen molar-refractivity contribution in [2.45, 2.75) is 31.2 Å². The van der Waals surface area contributed by atoms with Crippen molar-refractivity contribution in [3.8, 4) is 0 Å². The fraction of sp³-hybridized carbons (Fsp3) is 0.455. The van der Waals surface area contributed by atoms with Gasteiger partial charge in [-0.15, -0.1) is 0 Å². The lowest BCUT2D eigenvalue weighted by atomic mass is 10.2. The van der Waals surface area contributed by atoms with E-state index >= 15 is 0 Å². The molecule has 0 fully saturated rings. The molecule has 19 heavy (non-hydrogen) atoms. The topological polar surface area (TPSA) is 87.6 Å². The number of hydrogen-bond donors (Lipinski definition) is 1. The zero-order chi connectivity index (χ0) is 14.6. The summed E-state index contributed by atoms with van der Waals surface area (Å²) in [5.74, 6) is -1.86. The molecule has 0 amide bonds. The van der Waals surface area contributed by atoms with Gasteiger partial charge in [0.1, 0.15) is 10.7 Å². The number of hydrogen-bond acceptors (Lipinski definition) is 4. The highest BCUT2D eigenvalue weighted by molar-refractivity contribution is 7.89. The lowest BCUT2D eigenvalue weighted by Gasteiger charge is -2.25. The number of aromatic nitrogens is 1. The van der Waals surface area contributed by atoms with E-state index in [-0.39, 0.29) is 17.9 Å². The van der Waals surface area contributed by atoms with Gasteiger partial charge in [0.25, 0.3) is 0 Å². The first-order valence-electron chi connectivity index (χ1n) is 5.63. The Morgan fingerprint density at radius 2 is 2.16 bits per heavy atom. The lowest BCUT2D eigenvalue weighted by Crippen LogP contribution is -2.39. The summed E-state index contributed by atoms with van der Waals surface area (Å²) >= 11 is 0. The maximum Gasteiger partial charge on any atom is 0.304 e. The fourth-order valence-electron chi connectivity index (χ4n) is 1.74. The quantitative estimate of drug-likeness (QED) is 0.847. The number of carboxylic acids is 1. The van der Waals surface area contributed by atoms with Crippen molar-refractivity contribution in [2.24, 2.45) is 0 Å². The van der Waals surface area contributed by atoms with Crippen LogP contribution in [0.3, 0.4) is 0 Å². The van der Waals surface area contributed by atoms with E-state index in [9.17, 15) is 17.6 Å². The predicted octanol–water partition coefficient (Wildman–Crippen LogP) is 1.09. The van der Waals surface area contributed by atoms with E-state index in [0.29, 0.717) is 0 Å². The molecule has 1 N–H and O–H groups in total. The molecule has 0 aromatic carbocycles. The molecule has 0 aliphatic heterocycles. The van der Waals surface area contributed by atoms with Crippen LogP contribution in [0.25, 0.3) is 0 Å². The molecule has 106 valence electrons. The van der Waals surface area contributed by atoms with Gasteiger partial charge in [-0.1, -0.05) is 6.92 Å². The van der Waals surface area contributed by atoms with Crippen LogP contribution in [-0.2, 0) is 14.8 Å². The predicted molar refractivity (Wildman–Crippen MR) is 65.5 cm³/mol. The van der Waals surface area contributed by atoms with Gasteiger partial charge in [0.15, 0.2) is 0 Å². The van der Waals surface area contributed by atoms with Crippen molar-refractivity contribution in [1.29, 1.82) is 0 Å². The highest BCUT2D eigenvalue weighted by Crippen LogP contribution is 2.19. The second-order valence-electron chi connectivity index (χ2n) is 3.99. The first kappa shape index (κ1) is 15.5. The normalized spacial score (nSPS) is 13.5. The van der Waals surface area contributed by atoms with Crippen LogP contribution in [-0.4, -0.2) is 41.4 Å². The molecule has 6 nitrogen and oxygen atoms in total. The van der Waals surface area contributed by atoms with Crippen LogP contribution in [0.5, 0.6) is 0 Å². The van der Waals surface area contributed by atoms with E-state index < -0.39 is 27.9 Å². The molecule has 8 heteroatoms. The Morgan fingerprint density at radius 3 is 2.63 bits per heavy atom. The second-order valence-corrected chi connectivity index (χ2v) is 5.88. The number of carboxylic acid groups (broad SMARTS) is 1. The van der Waals surface area contributed by atoms with Gasteiger partial charge in [-0.05, 0) is 13.0 Å². The highest BCUT2D eigenvalue weighted by Gasteiger charge is 2.29. The summed E-state index contributed by atoms with van der Waals surface area (Å²) in [5, 5.41) is 8.71. The van der Waals surface area contributed by atoms with E-state index in [1.54, 1.807) is 6.92 Å². The summed E-state index contributed by atoms with van der Waals surface area (Å²) in [7, 11) is -3.95. The standard InChI is InChI=1S/C11H15FN2O4S/c1-3-14(8(2)4-11(15)16)19(17,18)10-5-9(12)6-13-7-10/h5-8H,3-4H2,1-2H3,(H,15,16). The van der Waals surface area contributed by atoms with Gasteiger partial charge >= 0.3 is 5.97 Å². The van der Waals surface area contributed by atoms with E-state index in [2.05, 4.69) is 4.98 Å². The molecule has 1 aromatic rings. The molecule has 0 saturated heterocycles. The van der Waals surface area contributed by atoms with Crippen LogP contribution in [0.2, 0.25) is 0 Å². The zero-order valence-corrected chi connectivity index (χ0v) is 11.4. The number of nitrogens with zero attached hydrogens (tertiary/aromatic N) is 2. The van der Waals surface area contributed by atoms with Gasteiger partial charge in [0.2, 0.25) is 10.0 Å². The Hall–Kier alpha value is -1.54. The molecule has 0 radical (unpaired) electrons. The summed E-state index contributed by atoms with van der Waals surface area (Å²) in [6.45, 7) is 3.16. The zero-order valence-electron chi connectivity index (χ0n) is 10.6. The minimum atomic E-state index is -3.95. The average Bonchev–Trinajstić information content (AvgIpc) is 2.28. The molecule has 0 aliphatic rings. The molecule has 1 unspecified atom stereocenters. The Labute approximate surface area is 110 Å². The molecule has 1 atom stereocenters. The first-order chi connectivity index (χ1) is 8.78. The van der Waals surface area contributed by atoms with Crippen molar-refractivity contribution in [3.63, 3.8) is 0 Å². The van der Waals surface area contributed by atoms with Crippen LogP contribution in [0.15, 0.2) is 23.4 Å². The Morgan fingerprint density at radius 1 is 1.53 bits per heavy atom. The molecule has 0 bridgehead atoms. The maximum absolute atomic E-state index is 13.0. The molecule has 0 saturated carbocycles. The number of halogens is 1. The van der Waals surface area contributed by atoms with Crippen molar-refractivity contribution in [1.82, 2.24) is 9.29 Å². The van der Waals surface area contributed by atoms with Crippen LogP contribution in [0.4, 0.5) is 4.39 Å². The number of pyridine rings is 1. The molecule has 0 aliphatic carbocycles. The van der Waals surface area contributed by atoms with Gasteiger partial charge in [-0.25, -0.2) is 12.8 Å². The van der Waals surface area contributed by atoms with Crippen LogP contribution in [0.1, 0.15) is 20.3 Å². The van der Waals surface area contributed by atoms with Gasteiger partial charge in [-0.3, -0.25) is 9.78 Å². The van der Waals surface area contributed by atoms with Gasteiger partial charge in [0, 0.05) is 18.8 Å². The Balaban J connectivity index is 3.12. The second kappa shape index (κ2) is 6.07. The first-order valence-corrected chi connectivity index (χ1v) is 7.07. The minimum Gasteiger partial charge on any atom is -0.481 e. The summed E-state index contributed by atoms with van der Waals surface area (Å²) in [4.78, 5) is 13.9. The number of rotatable bonds is 6. The van der Waals surface area contributed by atoms with Crippen molar-refractivity contribution < 1.29 is 22.7 Å². The summed E-state index contributed by atoms with van der Waals surface area (Å²) < 4.78 is 38.6. The van der Waals surface area contributed by atoms with Crippen molar-refractivity contribution in [2.75, 3.05) is 6.54 Å². The Kier molecular flexibility index (Phi) is 4.96. The van der Waals surface area contributed by atoms with Gasteiger partial charge in [0.05, 0.1) is 12.6 Å². The smallest absolute Gasteiger partial charge is 0.304 e. The molecule has 1 aromatic heterocycles. The van der Waals surface area contributed by atoms with E-state index in [0.717, 1.165) is 22.8 Å². The average molecular weight is 290 g/mol. The summed E-state index contributed by atoms with van der Waals surface area (Å²) in [6, 6.07) is 0.133. The molecular weight excluding hydrogens is 275 g/mol. The van der Waals surface area contributed by atoms with E-state index in [4.69, 9.17) is 5.11 Å². The number of carbonyl (C=O) groups is 1. The van der Waals surface area contributed by atoms with Crippen LogP contribution >= 0.6 is 0 Å². The Bertz CT molecular complexity index is 562. The highest BCUT2D eigenvalue weighted by atomic mass is 32.2. The van der Waals surface area contributed by atoms with Crippen LogP contribution in [0, 0.1) is 5.82 Å². The summed E-state index contributed by atoms with van der Waals surface area (Å²) in [6.07, 6.45) is 1.61. The van der Waals surface area contributed by atoms with Gasteiger partial charge in [-0.2, -0.15) is 4.31 Å². The third-order valence-corrected chi connectivity index (χ3v) is 4.61. The van der Waals surface area contributed by atoms with E-state index in [1.165, 1.54) is 6.92 Å². The van der Waals surface area contributed by atoms with Crippen LogP contribution < -0.4 is 0 Å².